The first-order valence-corrected chi connectivity index (χ1v) is 7.44. The van der Waals surface area contributed by atoms with E-state index < -0.39 is 10.0 Å². The van der Waals surface area contributed by atoms with Gasteiger partial charge in [0.05, 0.1) is 17.4 Å². The van der Waals surface area contributed by atoms with E-state index in [1.807, 2.05) is 13.4 Å². The van der Waals surface area contributed by atoms with Crippen molar-refractivity contribution in [3.63, 3.8) is 0 Å². The second-order valence-electron chi connectivity index (χ2n) is 4.34. The Morgan fingerprint density at radius 2 is 1.93 bits per heavy atom. The summed E-state index contributed by atoms with van der Waals surface area (Å²) in [4.78, 5) is 5.79. The molecule has 0 aliphatic carbocycles. The van der Waals surface area contributed by atoms with Crippen molar-refractivity contribution in [1.29, 1.82) is 0 Å². The van der Waals surface area contributed by atoms with Gasteiger partial charge in [-0.3, -0.25) is 0 Å². The van der Waals surface area contributed by atoms with Crippen molar-refractivity contribution < 1.29 is 0 Å². The van der Waals surface area contributed by atoms with Gasteiger partial charge in [0.15, 0.2) is 0 Å². The van der Waals surface area contributed by atoms with Gasteiger partial charge < -0.3 is 4.57 Å². The molecule has 0 spiro atoms. The number of benzene rings is 1. The van der Waals surface area contributed by atoms with Gasteiger partial charge in [-0.2, -0.15) is 0 Å². The van der Waals surface area contributed by atoms with Gasteiger partial charge in [0, 0.05) is 7.05 Å². The summed E-state index contributed by atoms with van der Waals surface area (Å²) in [6.45, 7) is 0. The highest BCUT2D eigenvalue weighted by Crippen LogP contribution is 2.45. The van der Waals surface area contributed by atoms with Crippen LogP contribution in [0.5, 0.6) is 0 Å². The molecule has 2 nitrogen and oxygen atoms in total. The fraction of sp³-hybridized carbons (Fsp3) is 0.364. The normalized spacial score (nSPS) is 13.4. The Labute approximate surface area is 86.3 Å². The van der Waals surface area contributed by atoms with Crippen molar-refractivity contribution >= 4 is 21.1 Å². The lowest BCUT2D eigenvalue weighted by Crippen LogP contribution is -1.93. The Morgan fingerprint density at radius 1 is 1.21 bits per heavy atom. The molecule has 1 heterocycles. The predicted molar refractivity (Wildman–Crippen MR) is 64.3 cm³/mol. The van der Waals surface area contributed by atoms with Crippen LogP contribution in [-0.4, -0.2) is 28.3 Å². The van der Waals surface area contributed by atoms with Crippen molar-refractivity contribution in [2.75, 3.05) is 18.8 Å². The van der Waals surface area contributed by atoms with Crippen molar-refractivity contribution in [3.8, 4) is 0 Å². The van der Waals surface area contributed by atoms with E-state index in [0.717, 1.165) is 5.52 Å². The Bertz CT molecular complexity index is 466. The third kappa shape index (κ3) is 1.52. The minimum atomic E-state index is -0.634. The van der Waals surface area contributed by atoms with Crippen LogP contribution in [0, 0.1) is 0 Å². The van der Waals surface area contributed by atoms with E-state index >= 15 is 0 Å². The summed E-state index contributed by atoms with van der Waals surface area (Å²) < 4.78 is 2.05. The maximum Gasteiger partial charge on any atom is 0.0955 e. The van der Waals surface area contributed by atoms with E-state index in [1.54, 1.807) is 0 Å². The van der Waals surface area contributed by atoms with Gasteiger partial charge in [-0.15, -0.1) is 0 Å². The molecule has 0 saturated carbocycles. The number of imidazole rings is 1. The average molecular weight is 208 g/mol. The molecule has 14 heavy (non-hydrogen) atoms. The van der Waals surface area contributed by atoms with E-state index in [1.165, 1.54) is 10.4 Å². The molecule has 0 N–H and O–H groups in total. The average Bonchev–Trinajstić information content (AvgIpc) is 2.46. The van der Waals surface area contributed by atoms with Crippen LogP contribution in [0.3, 0.4) is 0 Å². The maximum absolute atomic E-state index is 4.37. The zero-order valence-electron chi connectivity index (χ0n) is 9.11. The van der Waals surface area contributed by atoms with Gasteiger partial charge in [0.25, 0.3) is 0 Å². The van der Waals surface area contributed by atoms with Crippen LogP contribution < -0.4 is 0 Å². The molecule has 0 aliphatic rings. The smallest absolute Gasteiger partial charge is 0.0955 e. The number of fused-ring (bicyclic) bond motifs is 1. The minimum Gasteiger partial charge on any atom is -0.334 e. The molecule has 0 unspecified atom stereocenters. The summed E-state index contributed by atoms with van der Waals surface area (Å²) >= 11 is 0. The molecule has 3 heteroatoms. The number of hydrogen-bond acceptors (Lipinski definition) is 1. The number of aromatic nitrogens is 2. The standard InChI is InChI=1S/C11H16N2S/c1-13-8-12-10-7-9(14(2,3)4)5-6-11(10)13/h5-8H,1-4H3. The first kappa shape index (κ1) is 9.59. The van der Waals surface area contributed by atoms with Crippen LogP contribution in [-0.2, 0) is 7.05 Å². The predicted octanol–water partition coefficient (Wildman–Crippen LogP) is 2.63. The first-order valence-electron chi connectivity index (χ1n) is 4.58. The van der Waals surface area contributed by atoms with Crippen LogP contribution in [0.15, 0.2) is 29.4 Å². The number of rotatable bonds is 1. The van der Waals surface area contributed by atoms with Gasteiger partial charge in [-0.1, -0.05) is 0 Å². The van der Waals surface area contributed by atoms with E-state index in [9.17, 15) is 0 Å². The van der Waals surface area contributed by atoms with Crippen LogP contribution >= 0.6 is 10.0 Å². The molecular formula is C11H16N2S. The lowest BCUT2D eigenvalue weighted by Gasteiger charge is -2.25. The van der Waals surface area contributed by atoms with Gasteiger partial charge in [-0.25, -0.2) is 15.0 Å². The Balaban J connectivity index is 2.63. The number of nitrogens with zero attached hydrogens (tertiary/aromatic N) is 2. The van der Waals surface area contributed by atoms with Gasteiger partial charge in [0.2, 0.25) is 0 Å². The van der Waals surface area contributed by atoms with E-state index in [2.05, 4.69) is 46.5 Å². The zero-order valence-corrected chi connectivity index (χ0v) is 9.93. The fourth-order valence-electron chi connectivity index (χ4n) is 1.50. The zero-order chi connectivity index (χ0) is 10.3. The molecule has 0 aliphatic heterocycles. The van der Waals surface area contributed by atoms with E-state index in [-0.39, 0.29) is 0 Å². The Hall–Kier alpha value is -0.960. The summed E-state index contributed by atoms with van der Waals surface area (Å²) in [7, 11) is 1.39. The van der Waals surface area contributed by atoms with Crippen molar-refractivity contribution in [2.45, 2.75) is 4.90 Å². The van der Waals surface area contributed by atoms with Crippen LogP contribution in [0.4, 0.5) is 0 Å². The minimum absolute atomic E-state index is 0.634. The van der Waals surface area contributed by atoms with E-state index in [4.69, 9.17) is 0 Å². The lowest BCUT2D eigenvalue weighted by molar-refractivity contribution is 0.947. The molecule has 0 bridgehead atoms. The van der Waals surface area contributed by atoms with Crippen LogP contribution in [0.1, 0.15) is 0 Å². The third-order valence-electron chi connectivity index (χ3n) is 2.40. The van der Waals surface area contributed by atoms with Gasteiger partial charge >= 0.3 is 0 Å². The molecule has 0 fully saturated rings. The molecule has 2 rings (SSSR count). The first-order chi connectivity index (χ1) is 6.48. The molecule has 0 atom stereocenters. The second kappa shape index (κ2) is 3.02. The van der Waals surface area contributed by atoms with Crippen LogP contribution in [0.2, 0.25) is 0 Å². The van der Waals surface area contributed by atoms with Crippen LogP contribution in [0.25, 0.3) is 11.0 Å². The highest BCUT2D eigenvalue weighted by atomic mass is 32.3. The van der Waals surface area contributed by atoms with E-state index in [0.29, 0.717) is 0 Å². The molecule has 0 radical (unpaired) electrons. The monoisotopic (exact) mass is 208 g/mol. The number of hydrogen-bond donors (Lipinski definition) is 0. The fourth-order valence-corrected chi connectivity index (χ4v) is 2.44. The van der Waals surface area contributed by atoms with Crippen molar-refractivity contribution in [1.82, 2.24) is 9.55 Å². The topological polar surface area (TPSA) is 17.8 Å². The largest absolute Gasteiger partial charge is 0.334 e. The highest BCUT2D eigenvalue weighted by Gasteiger charge is 2.09. The van der Waals surface area contributed by atoms with Crippen molar-refractivity contribution in [2.24, 2.45) is 7.05 Å². The summed E-state index contributed by atoms with van der Waals surface area (Å²) in [6.07, 6.45) is 8.78. The quantitative estimate of drug-likeness (QED) is 0.704. The highest BCUT2D eigenvalue weighted by molar-refractivity contribution is 8.32. The van der Waals surface area contributed by atoms with Gasteiger partial charge in [0.1, 0.15) is 0 Å². The molecular weight excluding hydrogens is 192 g/mol. The summed E-state index contributed by atoms with van der Waals surface area (Å²) in [5.41, 5.74) is 2.31. The molecule has 0 saturated heterocycles. The second-order valence-corrected chi connectivity index (χ2v) is 8.49. The Morgan fingerprint density at radius 3 is 2.57 bits per heavy atom. The molecule has 76 valence electrons. The summed E-state index contributed by atoms with van der Waals surface area (Å²) in [6, 6.07) is 6.60. The van der Waals surface area contributed by atoms with Crippen molar-refractivity contribution in [3.05, 3.63) is 24.5 Å². The third-order valence-corrected chi connectivity index (χ3v) is 4.07. The molecule has 1 aromatic heterocycles. The molecule has 1 aromatic carbocycles. The van der Waals surface area contributed by atoms with Gasteiger partial charge in [-0.05, 0) is 41.9 Å². The Kier molecular flexibility index (Phi) is 2.07. The lowest BCUT2D eigenvalue weighted by atomic mass is 10.3. The molecule has 2 aromatic rings. The summed E-state index contributed by atoms with van der Waals surface area (Å²) in [5, 5.41) is 0. The SMILES string of the molecule is Cn1cnc2cc(S(C)(C)C)ccc21. The number of aryl methyl sites for hydroxylation is 1. The molecule has 0 amide bonds. The summed E-state index contributed by atoms with van der Waals surface area (Å²) in [5.74, 6) is 0. The maximum atomic E-state index is 4.37.